The van der Waals surface area contributed by atoms with Crippen LogP contribution in [-0.4, -0.2) is 5.11 Å². The first-order valence-corrected chi connectivity index (χ1v) is 7.29. The van der Waals surface area contributed by atoms with E-state index in [2.05, 4.69) is 13.0 Å². The molecular formula is C18H22O2. The number of phenolic OH excluding ortho intramolecular Hbond substituents is 1. The quantitative estimate of drug-likeness (QED) is 0.739. The fourth-order valence-corrected chi connectivity index (χ4v) is 2.21. The summed E-state index contributed by atoms with van der Waals surface area (Å²) in [4.78, 5) is 0. The Morgan fingerprint density at radius 1 is 0.900 bits per heavy atom. The minimum atomic E-state index is 0.288. The van der Waals surface area contributed by atoms with Crippen LogP contribution < -0.4 is 4.74 Å². The summed E-state index contributed by atoms with van der Waals surface area (Å²) in [6, 6.07) is 15.5. The highest BCUT2D eigenvalue weighted by atomic mass is 16.5. The van der Waals surface area contributed by atoms with Crippen LogP contribution in [-0.2, 0) is 13.0 Å². The first kappa shape index (κ1) is 14.4. The second kappa shape index (κ2) is 7.59. The number of benzene rings is 2. The lowest BCUT2D eigenvalue weighted by atomic mass is 10.1. The molecule has 0 fully saturated rings. The van der Waals surface area contributed by atoms with E-state index in [-0.39, 0.29) is 5.75 Å². The minimum absolute atomic E-state index is 0.288. The van der Waals surface area contributed by atoms with Crippen LogP contribution in [0, 0.1) is 0 Å². The summed E-state index contributed by atoms with van der Waals surface area (Å²) < 4.78 is 5.87. The van der Waals surface area contributed by atoms with Crippen LogP contribution in [0.1, 0.15) is 37.3 Å². The van der Waals surface area contributed by atoms with E-state index in [1.165, 1.54) is 24.8 Å². The second-order valence-corrected chi connectivity index (χ2v) is 4.98. The number of ether oxygens (including phenoxy) is 1. The minimum Gasteiger partial charge on any atom is -0.508 e. The molecular weight excluding hydrogens is 248 g/mol. The topological polar surface area (TPSA) is 29.5 Å². The van der Waals surface area contributed by atoms with E-state index in [0.29, 0.717) is 6.61 Å². The van der Waals surface area contributed by atoms with Crippen molar-refractivity contribution >= 4 is 0 Å². The van der Waals surface area contributed by atoms with E-state index in [9.17, 15) is 5.11 Å². The van der Waals surface area contributed by atoms with Gasteiger partial charge in [-0.25, -0.2) is 0 Å². The average molecular weight is 270 g/mol. The standard InChI is InChI=1S/C18H22O2/c1-2-3-4-9-15-10-6-8-13-18(15)20-14-16-11-5-7-12-17(16)19/h5-8,10-13,19H,2-4,9,14H2,1H3. The molecule has 0 aromatic heterocycles. The van der Waals surface area contributed by atoms with Crippen LogP contribution in [0.15, 0.2) is 48.5 Å². The second-order valence-electron chi connectivity index (χ2n) is 4.98. The monoisotopic (exact) mass is 270 g/mol. The van der Waals surface area contributed by atoms with E-state index in [1.807, 2.05) is 36.4 Å². The van der Waals surface area contributed by atoms with E-state index >= 15 is 0 Å². The zero-order valence-corrected chi connectivity index (χ0v) is 12.0. The number of aromatic hydroxyl groups is 1. The third kappa shape index (κ3) is 4.02. The summed E-state index contributed by atoms with van der Waals surface area (Å²) in [7, 11) is 0. The van der Waals surface area contributed by atoms with Crippen LogP contribution in [0.3, 0.4) is 0 Å². The molecule has 2 aromatic carbocycles. The molecule has 0 unspecified atom stereocenters. The largest absolute Gasteiger partial charge is 0.508 e. The summed E-state index contributed by atoms with van der Waals surface area (Å²) in [5, 5.41) is 9.75. The Bertz CT molecular complexity index is 534. The summed E-state index contributed by atoms with van der Waals surface area (Å²) in [6.45, 7) is 2.61. The third-order valence-corrected chi connectivity index (χ3v) is 3.40. The highest BCUT2D eigenvalue weighted by Gasteiger charge is 2.05. The van der Waals surface area contributed by atoms with Gasteiger partial charge in [-0.15, -0.1) is 0 Å². The smallest absolute Gasteiger partial charge is 0.123 e. The predicted octanol–water partition coefficient (Wildman–Crippen LogP) is 4.70. The lowest BCUT2D eigenvalue weighted by Gasteiger charge is -2.12. The molecule has 2 heteroatoms. The van der Waals surface area contributed by atoms with Crippen molar-refractivity contribution in [3.05, 3.63) is 59.7 Å². The highest BCUT2D eigenvalue weighted by Crippen LogP contribution is 2.23. The molecule has 2 nitrogen and oxygen atoms in total. The molecule has 0 aliphatic rings. The summed E-state index contributed by atoms with van der Waals surface area (Å²) >= 11 is 0. The molecule has 0 aliphatic carbocycles. The Hall–Kier alpha value is -1.96. The summed E-state index contributed by atoms with van der Waals surface area (Å²) in [6.07, 6.45) is 4.70. The van der Waals surface area contributed by atoms with Crippen molar-refractivity contribution < 1.29 is 9.84 Å². The lowest BCUT2D eigenvalue weighted by molar-refractivity contribution is 0.296. The molecule has 106 valence electrons. The molecule has 0 amide bonds. The maximum absolute atomic E-state index is 9.75. The Morgan fingerprint density at radius 2 is 1.60 bits per heavy atom. The molecule has 2 aromatic rings. The Balaban J connectivity index is 2.00. The van der Waals surface area contributed by atoms with Gasteiger partial charge < -0.3 is 9.84 Å². The predicted molar refractivity (Wildman–Crippen MR) is 82.1 cm³/mol. The Morgan fingerprint density at radius 3 is 2.35 bits per heavy atom. The van der Waals surface area contributed by atoms with Gasteiger partial charge in [0.25, 0.3) is 0 Å². The number of aryl methyl sites for hydroxylation is 1. The van der Waals surface area contributed by atoms with Gasteiger partial charge in [-0.05, 0) is 30.5 Å². The van der Waals surface area contributed by atoms with Gasteiger partial charge in [-0.1, -0.05) is 56.2 Å². The first-order valence-electron chi connectivity index (χ1n) is 7.29. The van der Waals surface area contributed by atoms with Crippen molar-refractivity contribution in [1.29, 1.82) is 0 Å². The van der Waals surface area contributed by atoms with Crippen LogP contribution in [0.4, 0.5) is 0 Å². The average Bonchev–Trinajstić information content (AvgIpc) is 2.48. The van der Waals surface area contributed by atoms with Crippen molar-refractivity contribution in [2.45, 2.75) is 39.2 Å². The van der Waals surface area contributed by atoms with Gasteiger partial charge in [-0.3, -0.25) is 0 Å². The van der Waals surface area contributed by atoms with Crippen molar-refractivity contribution in [3.8, 4) is 11.5 Å². The summed E-state index contributed by atoms with van der Waals surface area (Å²) in [5.41, 5.74) is 2.06. The molecule has 0 radical (unpaired) electrons. The Labute approximate surface area is 121 Å². The van der Waals surface area contributed by atoms with E-state index < -0.39 is 0 Å². The number of hydrogen-bond donors (Lipinski definition) is 1. The number of unbranched alkanes of at least 4 members (excludes halogenated alkanes) is 2. The molecule has 1 N–H and O–H groups in total. The van der Waals surface area contributed by atoms with Crippen LogP contribution in [0.25, 0.3) is 0 Å². The van der Waals surface area contributed by atoms with Gasteiger partial charge in [0, 0.05) is 5.56 Å². The molecule has 0 aliphatic heterocycles. The van der Waals surface area contributed by atoms with E-state index in [4.69, 9.17) is 4.74 Å². The van der Waals surface area contributed by atoms with Crippen molar-refractivity contribution in [3.63, 3.8) is 0 Å². The fourth-order valence-electron chi connectivity index (χ4n) is 2.21. The van der Waals surface area contributed by atoms with Gasteiger partial charge in [0.15, 0.2) is 0 Å². The molecule has 20 heavy (non-hydrogen) atoms. The highest BCUT2D eigenvalue weighted by molar-refractivity contribution is 5.35. The Kier molecular flexibility index (Phi) is 5.48. The maximum Gasteiger partial charge on any atom is 0.123 e. The first-order chi connectivity index (χ1) is 9.81. The fraction of sp³-hybridized carbons (Fsp3) is 0.333. The molecule has 0 spiro atoms. The normalized spacial score (nSPS) is 10.4. The van der Waals surface area contributed by atoms with Crippen LogP contribution in [0.2, 0.25) is 0 Å². The van der Waals surface area contributed by atoms with Gasteiger partial charge in [0.05, 0.1) is 0 Å². The van der Waals surface area contributed by atoms with Gasteiger partial charge in [-0.2, -0.15) is 0 Å². The zero-order valence-electron chi connectivity index (χ0n) is 12.0. The molecule has 0 saturated carbocycles. The van der Waals surface area contributed by atoms with Crippen molar-refractivity contribution in [1.82, 2.24) is 0 Å². The SMILES string of the molecule is CCCCCc1ccccc1OCc1ccccc1O. The maximum atomic E-state index is 9.75. The van der Waals surface area contributed by atoms with Crippen LogP contribution in [0.5, 0.6) is 11.5 Å². The third-order valence-electron chi connectivity index (χ3n) is 3.40. The zero-order chi connectivity index (χ0) is 14.2. The van der Waals surface area contributed by atoms with Crippen LogP contribution >= 0.6 is 0 Å². The lowest BCUT2D eigenvalue weighted by Crippen LogP contribution is -1.99. The molecule has 0 bridgehead atoms. The van der Waals surface area contributed by atoms with E-state index in [1.54, 1.807) is 6.07 Å². The molecule has 0 saturated heterocycles. The van der Waals surface area contributed by atoms with Gasteiger partial charge >= 0.3 is 0 Å². The number of para-hydroxylation sites is 2. The van der Waals surface area contributed by atoms with E-state index in [0.717, 1.165) is 17.7 Å². The van der Waals surface area contributed by atoms with Crippen molar-refractivity contribution in [2.24, 2.45) is 0 Å². The number of rotatable bonds is 7. The molecule has 0 heterocycles. The number of hydrogen-bond acceptors (Lipinski definition) is 2. The molecule has 0 atom stereocenters. The van der Waals surface area contributed by atoms with Gasteiger partial charge in [0.2, 0.25) is 0 Å². The summed E-state index contributed by atoms with van der Waals surface area (Å²) in [5.74, 6) is 1.21. The van der Waals surface area contributed by atoms with Crippen molar-refractivity contribution in [2.75, 3.05) is 0 Å². The number of phenols is 1. The van der Waals surface area contributed by atoms with Gasteiger partial charge in [0.1, 0.15) is 18.1 Å². The molecule has 2 rings (SSSR count).